The molecule has 0 saturated heterocycles. The van der Waals surface area contributed by atoms with Crippen LogP contribution < -0.4 is 5.32 Å². The Kier molecular flexibility index (Phi) is 6.43. The fourth-order valence-electron chi connectivity index (χ4n) is 2.45. The predicted molar refractivity (Wildman–Crippen MR) is 90.2 cm³/mol. The summed E-state index contributed by atoms with van der Waals surface area (Å²) in [6, 6.07) is 9.25. The SMILES string of the molecule is Cc1nnnn1C(Cc1ccccc1)C(=O)NCCC(O)C(C)C. The summed E-state index contributed by atoms with van der Waals surface area (Å²) in [4.78, 5) is 12.6. The van der Waals surface area contributed by atoms with Gasteiger partial charge in [0.1, 0.15) is 11.9 Å². The summed E-state index contributed by atoms with van der Waals surface area (Å²) in [5, 5.41) is 24.2. The van der Waals surface area contributed by atoms with Gasteiger partial charge >= 0.3 is 0 Å². The minimum absolute atomic E-state index is 0.148. The van der Waals surface area contributed by atoms with Gasteiger partial charge in [-0.3, -0.25) is 4.79 Å². The Labute approximate surface area is 142 Å². The first kappa shape index (κ1) is 18.1. The van der Waals surface area contributed by atoms with Crippen molar-refractivity contribution in [3.05, 3.63) is 41.7 Å². The summed E-state index contributed by atoms with van der Waals surface area (Å²) >= 11 is 0. The number of carbonyl (C=O) groups excluding carboxylic acids is 1. The highest BCUT2D eigenvalue weighted by atomic mass is 16.3. The molecular formula is C17H25N5O2. The molecule has 0 fully saturated rings. The maximum Gasteiger partial charge on any atom is 0.245 e. The van der Waals surface area contributed by atoms with Crippen LogP contribution in [-0.2, 0) is 11.2 Å². The van der Waals surface area contributed by atoms with Crippen molar-refractivity contribution in [2.45, 2.75) is 45.8 Å². The van der Waals surface area contributed by atoms with E-state index in [-0.39, 0.29) is 11.8 Å². The first-order valence-electron chi connectivity index (χ1n) is 8.23. The fraction of sp³-hybridized carbons (Fsp3) is 0.529. The number of benzene rings is 1. The van der Waals surface area contributed by atoms with E-state index in [4.69, 9.17) is 0 Å². The molecule has 1 heterocycles. The van der Waals surface area contributed by atoms with Gasteiger partial charge in [-0.25, -0.2) is 4.68 Å². The predicted octanol–water partition coefficient (Wildman–Crippen LogP) is 1.29. The molecule has 2 N–H and O–H groups in total. The molecule has 0 spiro atoms. The second-order valence-corrected chi connectivity index (χ2v) is 6.27. The Hall–Kier alpha value is -2.28. The van der Waals surface area contributed by atoms with Crippen LogP contribution in [0, 0.1) is 12.8 Å². The quantitative estimate of drug-likeness (QED) is 0.760. The lowest BCUT2D eigenvalue weighted by atomic mass is 10.0. The summed E-state index contributed by atoms with van der Waals surface area (Å²) in [5.74, 6) is 0.613. The van der Waals surface area contributed by atoms with Gasteiger partial charge in [0.25, 0.3) is 0 Å². The molecule has 1 amide bonds. The van der Waals surface area contributed by atoms with Gasteiger partial charge in [-0.1, -0.05) is 44.2 Å². The molecule has 1 aromatic carbocycles. The van der Waals surface area contributed by atoms with E-state index in [0.717, 1.165) is 5.56 Å². The highest BCUT2D eigenvalue weighted by Gasteiger charge is 2.24. The van der Waals surface area contributed by atoms with Crippen LogP contribution in [0.15, 0.2) is 30.3 Å². The van der Waals surface area contributed by atoms with E-state index in [2.05, 4.69) is 20.8 Å². The molecule has 2 rings (SSSR count). The van der Waals surface area contributed by atoms with E-state index in [1.54, 1.807) is 11.6 Å². The first-order chi connectivity index (χ1) is 11.5. The van der Waals surface area contributed by atoms with Gasteiger partial charge < -0.3 is 10.4 Å². The van der Waals surface area contributed by atoms with Crippen LogP contribution in [-0.4, -0.2) is 43.9 Å². The Bertz CT molecular complexity index is 641. The summed E-state index contributed by atoms with van der Waals surface area (Å²) < 4.78 is 1.54. The van der Waals surface area contributed by atoms with Crippen LogP contribution in [0.5, 0.6) is 0 Å². The molecule has 2 atom stereocenters. The van der Waals surface area contributed by atoms with Gasteiger partial charge in [0.05, 0.1) is 6.10 Å². The van der Waals surface area contributed by atoms with Gasteiger partial charge in [-0.2, -0.15) is 0 Å². The number of amides is 1. The van der Waals surface area contributed by atoms with Gasteiger partial charge in [0.15, 0.2) is 0 Å². The van der Waals surface area contributed by atoms with Crippen molar-refractivity contribution in [2.24, 2.45) is 5.92 Å². The van der Waals surface area contributed by atoms with E-state index >= 15 is 0 Å². The third kappa shape index (κ3) is 4.86. The number of carbonyl (C=O) groups is 1. The lowest BCUT2D eigenvalue weighted by Crippen LogP contribution is -2.36. The number of aliphatic hydroxyl groups is 1. The molecule has 130 valence electrons. The minimum atomic E-state index is -0.515. The van der Waals surface area contributed by atoms with Gasteiger partial charge in [0, 0.05) is 13.0 Å². The van der Waals surface area contributed by atoms with Crippen molar-refractivity contribution >= 4 is 5.91 Å². The minimum Gasteiger partial charge on any atom is -0.393 e. The molecule has 2 unspecified atom stereocenters. The van der Waals surface area contributed by atoms with Crippen LogP contribution in [0.4, 0.5) is 0 Å². The zero-order chi connectivity index (χ0) is 17.5. The van der Waals surface area contributed by atoms with E-state index < -0.39 is 12.1 Å². The van der Waals surface area contributed by atoms with Gasteiger partial charge in [-0.05, 0) is 35.3 Å². The molecule has 0 aliphatic rings. The Balaban J connectivity index is 2.05. The number of aliphatic hydroxyl groups excluding tert-OH is 1. The summed E-state index contributed by atoms with van der Waals surface area (Å²) in [6.45, 7) is 6.10. The van der Waals surface area contributed by atoms with Crippen LogP contribution in [0.25, 0.3) is 0 Å². The maximum absolute atomic E-state index is 12.6. The molecule has 1 aromatic heterocycles. The number of hydrogen-bond donors (Lipinski definition) is 2. The molecule has 7 nitrogen and oxygen atoms in total. The third-order valence-electron chi connectivity index (χ3n) is 4.04. The standard InChI is InChI=1S/C17H25N5O2/c1-12(2)16(23)9-10-18-17(24)15(22-13(3)19-20-21-22)11-14-7-5-4-6-8-14/h4-8,12,15-16,23H,9-11H2,1-3H3,(H,18,24). The number of tetrazole rings is 1. The molecule has 0 bridgehead atoms. The average molecular weight is 331 g/mol. The van der Waals surface area contributed by atoms with E-state index in [1.165, 1.54) is 0 Å². The van der Waals surface area contributed by atoms with Gasteiger partial charge in [0.2, 0.25) is 5.91 Å². The number of rotatable bonds is 8. The normalized spacial score (nSPS) is 13.7. The number of nitrogens with one attached hydrogen (secondary N) is 1. The zero-order valence-electron chi connectivity index (χ0n) is 14.4. The number of nitrogens with zero attached hydrogens (tertiary/aromatic N) is 4. The maximum atomic E-state index is 12.6. The van der Waals surface area contributed by atoms with Crippen LogP contribution in [0.2, 0.25) is 0 Å². The number of aromatic nitrogens is 4. The summed E-state index contributed by atoms with van der Waals surface area (Å²) in [5.41, 5.74) is 1.04. The lowest BCUT2D eigenvalue weighted by Gasteiger charge is -2.19. The van der Waals surface area contributed by atoms with Crippen molar-refractivity contribution in [1.82, 2.24) is 25.5 Å². The van der Waals surface area contributed by atoms with Crippen molar-refractivity contribution in [3.63, 3.8) is 0 Å². The number of hydrogen-bond acceptors (Lipinski definition) is 5. The largest absolute Gasteiger partial charge is 0.393 e. The van der Waals surface area contributed by atoms with Crippen LogP contribution in [0.3, 0.4) is 0 Å². The molecule has 24 heavy (non-hydrogen) atoms. The Morgan fingerprint density at radius 2 is 2.00 bits per heavy atom. The van der Waals surface area contributed by atoms with Crippen molar-refractivity contribution in [1.29, 1.82) is 0 Å². The Morgan fingerprint density at radius 1 is 1.29 bits per heavy atom. The highest BCUT2D eigenvalue weighted by molar-refractivity contribution is 5.80. The van der Waals surface area contributed by atoms with Crippen molar-refractivity contribution in [3.8, 4) is 0 Å². The molecule has 7 heteroatoms. The topological polar surface area (TPSA) is 92.9 Å². The smallest absolute Gasteiger partial charge is 0.245 e. The van der Waals surface area contributed by atoms with E-state index in [0.29, 0.717) is 25.2 Å². The molecule has 0 aliphatic heterocycles. The third-order valence-corrected chi connectivity index (χ3v) is 4.04. The molecule has 0 aliphatic carbocycles. The highest BCUT2D eigenvalue weighted by Crippen LogP contribution is 2.15. The van der Waals surface area contributed by atoms with Crippen LogP contribution >= 0.6 is 0 Å². The first-order valence-corrected chi connectivity index (χ1v) is 8.23. The zero-order valence-corrected chi connectivity index (χ0v) is 14.4. The number of aryl methyl sites for hydroxylation is 1. The summed E-state index contributed by atoms with van der Waals surface area (Å²) in [6.07, 6.45) is 0.606. The monoisotopic (exact) mass is 331 g/mol. The second kappa shape index (κ2) is 8.54. The van der Waals surface area contributed by atoms with Gasteiger partial charge in [-0.15, -0.1) is 5.10 Å². The lowest BCUT2D eigenvalue weighted by molar-refractivity contribution is -0.124. The van der Waals surface area contributed by atoms with Crippen LogP contribution in [0.1, 0.15) is 37.7 Å². The van der Waals surface area contributed by atoms with Crippen molar-refractivity contribution < 1.29 is 9.90 Å². The average Bonchev–Trinajstić information content (AvgIpc) is 2.99. The summed E-state index contributed by atoms with van der Waals surface area (Å²) in [7, 11) is 0. The molecule has 2 aromatic rings. The van der Waals surface area contributed by atoms with E-state index in [1.807, 2.05) is 44.2 Å². The second-order valence-electron chi connectivity index (χ2n) is 6.27. The molecule has 0 radical (unpaired) electrons. The fourth-order valence-corrected chi connectivity index (χ4v) is 2.45. The Morgan fingerprint density at radius 3 is 2.58 bits per heavy atom. The molecule has 0 saturated carbocycles. The van der Waals surface area contributed by atoms with Crippen molar-refractivity contribution in [2.75, 3.05) is 6.54 Å². The molecular weight excluding hydrogens is 306 g/mol. The van der Waals surface area contributed by atoms with E-state index in [9.17, 15) is 9.90 Å².